The first kappa shape index (κ1) is 11.2. The van der Waals surface area contributed by atoms with E-state index in [0.717, 1.165) is 11.1 Å². The smallest absolute Gasteiger partial charge is 0.107 e. The third-order valence-corrected chi connectivity index (χ3v) is 3.22. The molecule has 0 amide bonds. The maximum absolute atomic E-state index is 10.1. The van der Waals surface area contributed by atoms with Crippen molar-refractivity contribution in [2.24, 2.45) is 7.05 Å². The summed E-state index contributed by atoms with van der Waals surface area (Å²) >= 11 is 1.69. The average molecular weight is 234 g/mol. The monoisotopic (exact) mass is 234 g/mol. The molecule has 3 nitrogen and oxygen atoms in total. The van der Waals surface area contributed by atoms with Gasteiger partial charge in [0.05, 0.1) is 6.20 Å². The van der Waals surface area contributed by atoms with Crippen LogP contribution in [0.3, 0.4) is 0 Å². The molecule has 2 aromatic rings. The van der Waals surface area contributed by atoms with Crippen LogP contribution >= 0.6 is 11.8 Å². The van der Waals surface area contributed by atoms with Crippen molar-refractivity contribution in [2.75, 3.05) is 6.26 Å². The van der Waals surface area contributed by atoms with Gasteiger partial charge in [0.2, 0.25) is 0 Å². The summed E-state index contributed by atoms with van der Waals surface area (Å²) in [5.74, 6) is 0. The van der Waals surface area contributed by atoms with E-state index in [2.05, 4.69) is 5.10 Å². The van der Waals surface area contributed by atoms with E-state index in [0.29, 0.717) is 0 Å². The van der Waals surface area contributed by atoms with Crippen LogP contribution < -0.4 is 0 Å². The number of aliphatic hydroxyl groups is 1. The van der Waals surface area contributed by atoms with Crippen molar-refractivity contribution in [3.05, 3.63) is 47.8 Å². The summed E-state index contributed by atoms with van der Waals surface area (Å²) in [7, 11) is 1.84. The van der Waals surface area contributed by atoms with E-state index in [-0.39, 0.29) is 0 Å². The molecular formula is C12H14N2OS. The normalized spacial score (nSPS) is 12.7. The van der Waals surface area contributed by atoms with Gasteiger partial charge in [0.25, 0.3) is 0 Å². The Balaban J connectivity index is 2.23. The molecule has 16 heavy (non-hydrogen) atoms. The summed E-state index contributed by atoms with van der Waals surface area (Å²) in [5, 5.41) is 14.2. The van der Waals surface area contributed by atoms with Gasteiger partial charge in [-0.25, -0.2) is 0 Å². The van der Waals surface area contributed by atoms with Crippen LogP contribution in [0.1, 0.15) is 17.2 Å². The zero-order valence-electron chi connectivity index (χ0n) is 9.29. The molecule has 0 radical (unpaired) electrons. The molecule has 0 spiro atoms. The van der Waals surface area contributed by atoms with Gasteiger partial charge < -0.3 is 5.11 Å². The summed E-state index contributed by atoms with van der Waals surface area (Å²) in [6.45, 7) is 0. The number of nitrogens with zero attached hydrogens (tertiary/aromatic N) is 2. The number of benzene rings is 1. The summed E-state index contributed by atoms with van der Waals surface area (Å²) in [6.07, 6.45) is 4.96. The molecular weight excluding hydrogens is 220 g/mol. The number of hydrogen-bond donors (Lipinski definition) is 1. The standard InChI is InChI=1S/C12H14N2OS/c1-14-8-10(7-13-14)12(15)9-3-5-11(16-2)6-4-9/h3-8,12,15H,1-2H3. The lowest BCUT2D eigenvalue weighted by Gasteiger charge is -2.08. The fourth-order valence-corrected chi connectivity index (χ4v) is 1.97. The van der Waals surface area contributed by atoms with Crippen molar-refractivity contribution in [2.45, 2.75) is 11.0 Å². The molecule has 0 aliphatic rings. The average Bonchev–Trinajstić information content (AvgIpc) is 2.75. The molecule has 0 aliphatic heterocycles. The van der Waals surface area contributed by atoms with E-state index < -0.39 is 6.10 Å². The Kier molecular flexibility index (Phi) is 3.31. The highest BCUT2D eigenvalue weighted by molar-refractivity contribution is 7.98. The first-order valence-corrected chi connectivity index (χ1v) is 6.23. The molecule has 0 aliphatic carbocycles. The molecule has 0 fully saturated rings. The Morgan fingerprint density at radius 2 is 1.94 bits per heavy atom. The lowest BCUT2D eigenvalue weighted by Crippen LogP contribution is -1.98. The van der Waals surface area contributed by atoms with E-state index in [1.165, 1.54) is 4.90 Å². The quantitative estimate of drug-likeness (QED) is 0.828. The second-order valence-electron chi connectivity index (χ2n) is 3.62. The topological polar surface area (TPSA) is 38.1 Å². The molecule has 1 unspecified atom stereocenters. The molecule has 0 saturated carbocycles. The largest absolute Gasteiger partial charge is 0.384 e. The van der Waals surface area contributed by atoms with Crippen molar-refractivity contribution >= 4 is 11.8 Å². The van der Waals surface area contributed by atoms with E-state index in [9.17, 15) is 5.11 Å². The van der Waals surface area contributed by atoms with Gasteiger partial charge in [0.1, 0.15) is 6.10 Å². The third-order valence-electron chi connectivity index (χ3n) is 2.47. The van der Waals surface area contributed by atoms with Gasteiger partial charge in [-0.05, 0) is 24.0 Å². The Hall–Kier alpha value is -1.26. The van der Waals surface area contributed by atoms with Crippen molar-refractivity contribution in [3.8, 4) is 0 Å². The number of rotatable bonds is 3. The van der Waals surface area contributed by atoms with Gasteiger partial charge in [-0.3, -0.25) is 4.68 Å². The highest BCUT2D eigenvalue weighted by Crippen LogP contribution is 2.23. The molecule has 0 saturated heterocycles. The van der Waals surface area contributed by atoms with Crippen LogP contribution in [0.25, 0.3) is 0 Å². The number of aryl methyl sites for hydroxylation is 1. The van der Waals surface area contributed by atoms with Gasteiger partial charge in [-0.2, -0.15) is 5.10 Å². The van der Waals surface area contributed by atoms with E-state index in [4.69, 9.17) is 0 Å². The highest BCUT2D eigenvalue weighted by Gasteiger charge is 2.11. The zero-order chi connectivity index (χ0) is 11.5. The van der Waals surface area contributed by atoms with Crippen molar-refractivity contribution in [3.63, 3.8) is 0 Å². The number of aliphatic hydroxyl groups excluding tert-OH is 1. The molecule has 0 bridgehead atoms. The Labute approximate surface area is 99.1 Å². The van der Waals surface area contributed by atoms with Gasteiger partial charge in [-0.1, -0.05) is 12.1 Å². The van der Waals surface area contributed by atoms with Gasteiger partial charge in [0.15, 0.2) is 0 Å². The second kappa shape index (κ2) is 4.72. The molecule has 1 aromatic carbocycles. The SMILES string of the molecule is CSc1ccc(C(O)c2cnn(C)c2)cc1. The lowest BCUT2D eigenvalue weighted by atomic mass is 10.1. The molecule has 84 valence electrons. The van der Waals surface area contributed by atoms with Crippen LogP contribution in [0, 0.1) is 0 Å². The maximum atomic E-state index is 10.1. The minimum atomic E-state index is -0.593. The van der Waals surface area contributed by atoms with Crippen molar-refractivity contribution in [1.29, 1.82) is 0 Å². The first-order valence-electron chi connectivity index (χ1n) is 5.01. The van der Waals surface area contributed by atoms with Gasteiger partial charge in [0, 0.05) is 23.7 Å². The summed E-state index contributed by atoms with van der Waals surface area (Å²) in [6, 6.07) is 7.92. The van der Waals surface area contributed by atoms with E-state index >= 15 is 0 Å². The number of thioether (sulfide) groups is 1. The summed E-state index contributed by atoms with van der Waals surface area (Å²) in [5.41, 5.74) is 1.71. The Morgan fingerprint density at radius 3 is 2.44 bits per heavy atom. The van der Waals surface area contributed by atoms with E-state index in [1.807, 2.05) is 43.8 Å². The summed E-state index contributed by atoms with van der Waals surface area (Å²) in [4.78, 5) is 1.20. The zero-order valence-corrected chi connectivity index (χ0v) is 10.1. The van der Waals surface area contributed by atoms with Crippen LogP contribution in [-0.4, -0.2) is 21.1 Å². The molecule has 1 N–H and O–H groups in total. The predicted octanol–water partition coefficient (Wildman–Crippen LogP) is 2.22. The van der Waals surface area contributed by atoms with Crippen molar-refractivity contribution in [1.82, 2.24) is 9.78 Å². The third kappa shape index (κ3) is 2.28. The lowest BCUT2D eigenvalue weighted by molar-refractivity contribution is 0.220. The Morgan fingerprint density at radius 1 is 1.25 bits per heavy atom. The summed E-state index contributed by atoms with van der Waals surface area (Å²) < 4.78 is 1.69. The fraction of sp³-hybridized carbons (Fsp3) is 0.250. The minimum Gasteiger partial charge on any atom is -0.384 e. The van der Waals surface area contributed by atoms with Crippen LogP contribution in [0.2, 0.25) is 0 Å². The fourth-order valence-electron chi connectivity index (χ4n) is 1.56. The van der Waals surface area contributed by atoms with Gasteiger partial charge >= 0.3 is 0 Å². The molecule has 1 aromatic heterocycles. The van der Waals surface area contributed by atoms with Crippen LogP contribution in [0.5, 0.6) is 0 Å². The van der Waals surface area contributed by atoms with Gasteiger partial charge in [-0.15, -0.1) is 11.8 Å². The Bertz CT molecular complexity index is 464. The molecule has 2 rings (SSSR count). The minimum absolute atomic E-state index is 0.593. The van der Waals surface area contributed by atoms with Crippen molar-refractivity contribution < 1.29 is 5.11 Å². The molecule has 1 heterocycles. The highest BCUT2D eigenvalue weighted by atomic mass is 32.2. The predicted molar refractivity (Wildman–Crippen MR) is 65.5 cm³/mol. The van der Waals surface area contributed by atoms with Crippen LogP contribution in [0.4, 0.5) is 0 Å². The first-order chi connectivity index (χ1) is 7.70. The molecule has 1 atom stereocenters. The van der Waals surface area contributed by atoms with E-state index in [1.54, 1.807) is 22.6 Å². The number of aromatic nitrogens is 2. The molecule has 4 heteroatoms. The second-order valence-corrected chi connectivity index (χ2v) is 4.50. The van der Waals surface area contributed by atoms with Crippen LogP contribution in [-0.2, 0) is 7.05 Å². The van der Waals surface area contributed by atoms with Crippen LogP contribution in [0.15, 0.2) is 41.6 Å². The number of hydrogen-bond acceptors (Lipinski definition) is 3. The maximum Gasteiger partial charge on any atom is 0.107 e.